The highest BCUT2D eigenvalue weighted by Gasteiger charge is 2.29. The van der Waals surface area contributed by atoms with Gasteiger partial charge < -0.3 is 9.73 Å². The van der Waals surface area contributed by atoms with Crippen molar-refractivity contribution in [2.45, 2.75) is 12.5 Å². The molecular formula is C15H14ClNO4S. The molecule has 3 rings (SSSR count). The number of sulfone groups is 1. The Labute approximate surface area is 133 Å². The maximum atomic E-state index is 12.1. The van der Waals surface area contributed by atoms with Crippen LogP contribution in [0.4, 0.5) is 0 Å². The molecule has 0 unspecified atom stereocenters. The second-order valence-electron chi connectivity index (χ2n) is 5.24. The summed E-state index contributed by atoms with van der Waals surface area (Å²) in [5.41, 5.74) is 0.812. The summed E-state index contributed by atoms with van der Waals surface area (Å²) >= 11 is 5.83. The van der Waals surface area contributed by atoms with Crippen molar-refractivity contribution in [2.75, 3.05) is 11.5 Å². The summed E-state index contributed by atoms with van der Waals surface area (Å²) in [5, 5.41) is 3.31. The molecule has 1 aromatic heterocycles. The van der Waals surface area contributed by atoms with Crippen molar-refractivity contribution < 1.29 is 17.6 Å². The monoisotopic (exact) mass is 339 g/mol. The molecular weight excluding hydrogens is 326 g/mol. The Morgan fingerprint density at radius 1 is 1.18 bits per heavy atom. The second-order valence-corrected chi connectivity index (χ2v) is 7.91. The SMILES string of the molecule is O=C(N[C@H]1CCS(=O)(=O)C1)c1ccc(-c2ccc(Cl)cc2)o1. The van der Waals surface area contributed by atoms with Crippen LogP contribution in [0.25, 0.3) is 11.3 Å². The van der Waals surface area contributed by atoms with Crippen LogP contribution >= 0.6 is 11.6 Å². The van der Waals surface area contributed by atoms with Gasteiger partial charge in [-0.05, 0) is 42.8 Å². The van der Waals surface area contributed by atoms with Crippen molar-refractivity contribution in [1.29, 1.82) is 0 Å². The average molecular weight is 340 g/mol. The maximum absolute atomic E-state index is 12.1. The third-order valence-corrected chi connectivity index (χ3v) is 5.55. The lowest BCUT2D eigenvalue weighted by molar-refractivity contribution is 0.0914. The number of rotatable bonds is 3. The van der Waals surface area contributed by atoms with Crippen molar-refractivity contribution in [1.82, 2.24) is 5.32 Å². The zero-order valence-electron chi connectivity index (χ0n) is 11.6. The Balaban J connectivity index is 1.71. The maximum Gasteiger partial charge on any atom is 0.287 e. The minimum Gasteiger partial charge on any atom is -0.451 e. The largest absolute Gasteiger partial charge is 0.451 e. The van der Waals surface area contributed by atoms with Gasteiger partial charge >= 0.3 is 0 Å². The second kappa shape index (κ2) is 5.78. The van der Waals surface area contributed by atoms with E-state index in [1.165, 1.54) is 0 Å². The van der Waals surface area contributed by atoms with Crippen molar-refractivity contribution in [3.05, 3.63) is 47.2 Å². The summed E-state index contributed by atoms with van der Waals surface area (Å²) < 4.78 is 28.3. The summed E-state index contributed by atoms with van der Waals surface area (Å²) in [7, 11) is -3.02. The predicted molar refractivity (Wildman–Crippen MR) is 83.7 cm³/mol. The Bertz CT molecular complexity index is 795. The number of carbonyl (C=O) groups excluding carboxylic acids is 1. The lowest BCUT2D eigenvalue weighted by Crippen LogP contribution is -2.35. The molecule has 0 aliphatic carbocycles. The number of hydrogen-bond acceptors (Lipinski definition) is 4. The van der Waals surface area contributed by atoms with Gasteiger partial charge in [-0.25, -0.2) is 8.42 Å². The normalized spacial score (nSPS) is 20.0. The van der Waals surface area contributed by atoms with E-state index in [9.17, 15) is 13.2 Å². The lowest BCUT2D eigenvalue weighted by Gasteiger charge is -2.08. The van der Waals surface area contributed by atoms with E-state index >= 15 is 0 Å². The number of furan rings is 1. The van der Waals surface area contributed by atoms with E-state index in [2.05, 4.69) is 5.32 Å². The van der Waals surface area contributed by atoms with E-state index in [4.69, 9.17) is 16.0 Å². The molecule has 0 radical (unpaired) electrons. The zero-order valence-corrected chi connectivity index (χ0v) is 13.2. The van der Waals surface area contributed by atoms with Gasteiger partial charge in [0.25, 0.3) is 5.91 Å². The Hall–Kier alpha value is -1.79. The van der Waals surface area contributed by atoms with Gasteiger partial charge in [0.2, 0.25) is 0 Å². The van der Waals surface area contributed by atoms with Crippen molar-refractivity contribution >= 4 is 27.3 Å². The van der Waals surface area contributed by atoms with Gasteiger partial charge in [0.15, 0.2) is 15.6 Å². The fourth-order valence-electron chi connectivity index (χ4n) is 2.39. The van der Waals surface area contributed by atoms with Gasteiger partial charge in [0, 0.05) is 16.6 Å². The average Bonchev–Trinajstić information content (AvgIpc) is 3.06. The van der Waals surface area contributed by atoms with Gasteiger partial charge in [0.1, 0.15) is 5.76 Å². The third-order valence-electron chi connectivity index (χ3n) is 3.53. The van der Waals surface area contributed by atoms with Crippen LogP contribution in [0.5, 0.6) is 0 Å². The topological polar surface area (TPSA) is 76.4 Å². The minimum atomic E-state index is -3.02. The summed E-state index contributed by atoms with van der Waals surface area (Å²) in [6, 6.07) is 10.00. The number of carbonyl (C=O) groups is 1. The van der Waals surface area contributed by atoms with E-state index in [-0.39, 0.29) is 23.3 Å². The van der Waals surface area contributed by atoms with E-state index in [1.807, 2.05) is 0 Å². The first-order chi connectivity index (χ1) is 10.4. The molecule has 1 fully saturated rings. The quantitative estimate of drug-likeness (QED) is 0.932. The van der Waals surface area contributed by atoms with Gasteiger partial charge in [-0.2, -0.15) is 0 Å². The van der Waals surface area contributed by atoms with Gasteiger partial charge in [0.05, 0.1) is 11.5 Å². The molecule has 0 spiro atoms. The zero-order chi connectivity index (χ0) is 15.7. The fraction of sp³-hybridized carbons (Fsp3) is 0.267. The van der Waals surface area contributed by atoms with Crippen LogP contribution in [0.1, 0.15) is 17.0 Å². The number of amides is 1. The Morgan fingerprint density at radius 2 is 1.91 bits per heavy atom. The molecule has 7 heteroatoms. The molecule has 1 aromatic carbocycles. The smallest absolute Gasteiger partial charge is 0.287 e. The lowest BCUT2D eigenvalue weighted by atomic mass is 10.2. The first-order valence-electron chi connectivity index (χ1n) is 6.80. The number of hydrogen-bond donors (Lipinski definition) is 1. The molecule has 1 N–H and O–H groups in total. The van der Waals surface area contributed by atoms with Crippen molar-refractivity contribution in [3.63, 3.8) is 0 Å². The molecule has 0 bridgehead atoms. The highest BCUT2D eigenvalue weighted by molar-refractivity contribution is 7.91. The van der Waals surface area contributed by atoms with E-state index in [0.717, 1.165) is 5.56 Å². The van der Waals surface area contributed by atoms with Crippen LogP contribution in [0.3, 0.4) is 0 Å². The molecule has 5 nitrogen and oxygen atoms in total. The summed E-state index contributed by atoms with van der Waals surface area (Å²) in [6.07, 6.45) is 0.443. The van der Waals surface area contributed by atoms with E-state index in [1.54, 1.807) is 36.4 Å². The molecule has 116 valence electrons. The highest BCUT2D eigenvalue weighted by Crippen LogP contribution is 2.24. The first kappa shape index (κ1) is 15.1. The van der Waals surface area contributed by atoms with Crippen molar-refractivity contribution in [3.8, 4) is 11.3 Å². The number of nitrogens with one attached hydrogen (secondary N) is 1. The molecule has 1 saturated heterocycles. The summed E-state index contributed by atoms with van der Waals surface area (Å²) in [5.74, 6) is 0.424. The van der Waals surface area contributed by atoms with Crippen LogP contribution in [-0.4, -0.2) is 31.9 Å². The van der Waals surface area contributed by atoms with Crippen LogP contribution < -0.4 is 5.32 Å². The third kappa shape index (κ3) is 3.34. The molecule has 2 aromatic rings. The molecule has 22 heavy (non-hydrogen) atoms. The molecule has 1 aliphatic rings. The van der Waals surface area contributed by atoms with Crippen molar-refractivity contribution in [2.24, 2.45) is 0 Å². The van der Waals surface area contributed by atoms with Crippen LogP contribution in [0.15, 0.2) is 40.8 Å². The van der Waals surface area contributed by atoms with Crippen LogP contribution in [0, 0.1) is 0 Å². The molecule has 1 atom stereocenters. The van der Waals surface area contributed by atoms with Gasteiger partial charge in [-0.15, -0.1) is 0 Å². The van der Waals surface area contributed by atoms with E-state index < -0.39 is 15.7 Å². The predicted octanol–water partition coefficient (Wildman–Crippen LogP) is 2.52. The van der Waals surface area contributed by atoms with Crippen LogP contribution in [-0.2, 0) is 9.84 Å². The Kier molecular flexibility index (Phi) is 3.97. The summed E-state index contributed by atoms with van der Waals surface area (Å²) in [6.45, 7) is 0. The Morgan fingerprint density at radius 3 is 2.55 bits per heavy atom. The highest BCUT2D eigenvalue weighted by atomic mass is 35.5. The molecule has 1 aliphatic heterocycles. The fourth-order valence-corrected chi connectivity index (χ4v) is 4.19. The molecule has 1 amide bonds. The van der Waals surface area contributed by atoms with Gasteiger partial charge in [-0.3, -0.25) is 4.79 Å². The standard InChI is InChI=1S/C15H14ClNO4S/c16-11-3-1-10(2-4-11)13-5-6-14(21-13)15(18)17-12-7-8-22(19,20)9-12/h1-6,12H,7-9H2,(H,17,18)/t12-/m0/s1. The number of halogens is 1. The van der Waals surface area contributed by atoms with Crippen LogP contribution in [0.2, 0.25) is 5.02 Å². The molecule has 0 saturated carbocycles. The van der Waals surface area contributed by atoms with Gasteiger partial charge in [-0.1, -0.05) is 11.6 Å². The van der Waals surface area contributed by atoms with E-state index in [0.29, 0.717) is 17.2 Å². The minimum absolute atomic E-state index is 0.0104. The number of benzene rings is 1. The summed E-state index contributed by atoms with van der Waals surface area (Å²) in [4.78, 5) is 12.1. The molecule has 2 heterocycles. The first-order valence-corrected chi connectivity index (χ1v) is 9.00.